The SMILES string of the molecule is O=C(C1=CCCCCCC1)C1CCCC1. The van der Waals surface area contributed by atoms with Gasteiger partial charge in [-0.1, -0.05) is 31.8 Å². The van der Waals surface area contributed by atoms with Crippen molar-refractivity contribution in [3.05, 3.63) is 11.6 Å². The van der Waals surface area contributed by atoms with Crippen molar-refractivity contribution in [2.45, 2.75) is 64.2 Å². The third kappa shape index (κ3) is 2.93. The van der Waals surface area contributed by atoms with Crippen molar-refractivity contribution in [3.8, 4) is 0 Å². The summed E-state index contributed by atoms with van der Waals surface area (Å²) in [6.07, 6.45) is 14.4. The zero-order valence-corrected chi connectivity index (χ0v) is 9.63. The Labute approximate surface area is 92.9 Å². The highest BCUT2D eigenvalue weighted by atomic mass is 16.1. The van der Waals surface area contributed by atoms with E-state index in [1.54, 1.807) is 0 Å². The lowest BCUT2D eigenvalue weighted by Crippen LogP contribution is -2.14. The Balaban J connectivity index is 1.96. The summed E-state index contributed by atoms with van der Waals surface area (Å²) in [5.41, 5.74) is 1.17. The molecule has 2 aliphatic rings. The minimum Gasteiger partial charge on any atom is -0.294 e. The first-order valence-electron chi connectivity index (χ1n) is 6.61. The maximum absolute atomic E-state index is 12.2. The number of ketones is 1. The van der Waals surface area contributed by atoms with Crippen LogP contribution >= 0.6 is 0 Å². The number of rotatable bonds is 2. The highest BCUT2D eigenvalue weighted by molar-refractivity contribution is 5.97. The third-order valence-corrected chi connectivity index (χ3v) is 3.83. The molecule has 1 fully saturated rings. The predicted octanol–water partition coefficient (Wildman–Crippen LogP) is 4.03. The van der Waals surface area contributed by atoms with Crippen LogP contribution in [0.4, 0.5) is 0 Å². The zero-order valence-electron chi connectivity index (χ0n) is 9.63. The molecule has 1 saturated carbocycles. The van der Waals surface area contributed by atoms with E-state index in [2.05, 4.69) is 6.08 Å². The van der Waals surface area contributed by atoms with Gasteiger partial charge in [0.1, 0.15) is 0 Å². The van der Waals surface area contributed by atoms with Gasteiger partial charge in [-0.25, -0.2) is 0 Å². The van der Waals surface area contributed by atoms with Crippen molar-refractivity contribution < 1.29 is 4.79 Å². The first-order valence-corrected chi connectivity index (χ1v) is 6.61. The van der Waals surface area contributed by atoms with Gasteiger partial charge in [0.05, 0.1) is 0 Å². The summed E-state index contributed by atoms with van der Waals surface area (Å²) in [4.78, 5) is 12.2. The summed E-state index contributed by atoms with van der Waals surface area (Å²) in [7, 11) is 0. The Hall–Kier alpha value is -0.590. The molecular weight excluding hydrogens is 184 g/mol. The maximum Gasteiger partial charge on any atom is 0.161 e. The number of hydrogen-bond donors (Lipinski definition) is 0. The van der Waals surface area contributed by atoms with E-state index in [-0.39, 0.29) is 0 Å². The smallest absolute Gasteiger partial charge is 0.161 e. The summed E-state index contributed by atoms with van der Waals surface area (Å²) in [6, 6.07) is 0. The van der Waals surface area contributed by atoms with Crippen LogP contribution in [0, 0.1) is 5.92 Å². The van der Waals surface area contributed by atoms with Gasteiger partial charge < -0.3 is 0 Å². The van der Waals surface area contributed by atoms with Gasteiger partial charge in [-0.3, -0.25) is 4.79 Å². The molecule has 0 aliphatic heterocycles. The van der Waals surface area contributed by atoms with Gasteiger partial charge in [0.15, 0.2) is 5.78 Å². The van der Waals surface area contributed by atoms with Gasteiger partial charge in [0, 0.05) is 5.92 Å². The van der Waals surface area contributed by atoms with Gasteiger partial charge in [0.2, 0.25) is 0 Å². The van der Waals surface area contributed by atoms with Gasteiger partial charge in [-0.15, -0.1) is 0 Å². The first-order chi connectivity index (χ1) is 7.38. The molecule has 0 bridgehead atoms. The lowest BCUT2D eigenvalue weighted by Gasteiger charge is -2.14. The Bertz CT molecular complexity index is 246. The molecule has 2 aliphatic carbocycles. The molecular formula is C14H22O. The Morgan fingerprint density at radius 2 is 1.73 bits per heavy atom. The van der Waals surface area contributed by atoms with Crippen molar-refractivity contribution in [2.24, 2.45) is 5.92 Å². The van der Waals surface area contributed by atoms with Crippen molar-refractivity contribution in [3.63, 3.8) is 0 Å². The summed E-state index contributed by atoms with van der Waals surface area (Å²) >= 11 is 0. The molecule has 0 amide bonds. The van der Waals surface area contributed by atoms with Crippen LogP contribution in [0.15, 0.2) is 11.6 Å². The Kier molecular flexibility index (Phi) is 3.99. The van der Waals surface area contributed by atoms with E-state index >= 15 is 0 Å². The number of carbonyl (C=O) groups excluding carboxylic acids is 1. The van der Waals surface area contributed by atoms with Crippen LogP contribution in [-0.2, 0) is 4.79 Å². The lowest BCUT2D eigenvalue weighted by molar-refractivity contribution is -0.119. The van der Waals surface area contributed by atoms with E-state index < -0.39 is 0 Å². The summed E-state index contributed by atoms with van der Waals surface area (Å²) in [5, 5.41) is 0. The molecule has 0 atom stereocenters. The molecule has 0 aromatic carbocycles. The molecule has 0 aromatic heterocycles. The molecule has 15 heavy (non-hydrogen) atoms. The highest BCUT2D eigenvalue weighted by Crippen LogP contribution is 2.30. The van der Waals surface area contributed by atoms with Gasteiger partial charge in [-0.2, -0.15) is 0 Å². The van der Waals surface area contributed by atoms with Crippen LogP contribution in [0.1, 0.15) is 64.2 Å². The minimum atomic E-state index is 0.385. The summed E-state index contributed by atoms with van der Waals surface area (Å²) in [5.74, 6) is 0.880. The number of Topliss-reactive ketones (excluding diaryl/α,β-unsaturated/α-hetero) is 1. The molecule has 0 unspecified atom stereocenters. The normalized spacial score (nSPS) is 24.4. The van der Waals surface area contributed by atoms with Crippen LogP contribution in [-0.4, -0.2) is 5.78 Å². The largest absolute Gasteiger partial charge is 0.294 e. The fraction of sp³-hybridized carbons (Fsp3) is 0.786. The minimum absolute atomic E-state index is 0.385. The fourth-order valence-electron chi connectivity index (χ4n) is 2.87. The highest BCUT2D eigenvalue weighted by Gasteiger charge is 2.24. The molecule has 0 aromatic rings. The molecule has 0 radical (unpaired) electrons. The third-order valence-electron chi connectivity index (χ3n) is 3.83. The fourth-order valence-corrected chi connectivity index (χ4v) is 2.87. The van der Waals surface area contributed by atoms with Crippen LogP contribution in [0.25, 0.3) is 0 Å². The van der Waals surface area contributed by atoms with Gasteiger partial charge in [-0.05, 0) is 44.1 Å². The standard InChI is InChI=1S/C14H22O/c15-14(13-10-6-7-11-13)12-8-4-2-1-3-5-9-12/h8,13H,1-7,9-11H2. The topological polar surface area (TPSA) is 17.1 Å². The van der Waals surface area contributed by atoms with Crippen LogP contribution in [0.3, 0.4) is 0 Å². The summed E-state index contributed by atoms with van der Waals surface area (Å²) in [6.45, 7) is 0. The number of carbonyl (C=O) groups is 1. The van der Waals surface area contributed by atoms with E-state index in [1.807, 2.05) is 0 Å². The predicted molar refractivity (Wildman–Crippen MR) is 62.8 cm³/mol. The average molecular weight is 206 g/mol. The molecule has 0 saturated heterocycles. The van der Waals surface area contributed by atoms with E-state index in [0.29, 0.717) is 11.7 Å². The Morgan fingerprint density at radius 1 is 1.00 bits per heavy atom. The van der Waals surface area contributed by atoms with Crippen molar-refractivity contribution >= 4 is 5.78 Å². The first kappa shape index (κ1) is 10.9. The second-order valence-electron chi connectivity index (χ2n) is 5.03. The Morgan fingerprint density at radius 3 is 2.53 bits per heavy atom. The second-order valence-corrected chi connectivity index (χ2v) is 5.03. The molecule has 0 N–H and O–H groups in total. The van der Waals surface area contributed by atoms with Crippen molar-refractivity contribution in [1.29, 1.82) is 0 Å². The quantitative estimate of drug-likeness (QED) is 0.666. The molecule has 2 rings (SSSR count). The molecule has 0 heterocycles. The van der Waals surface area contributed by atoms with Crippen LogP contribution in [0.2, 0.25) is 0 Å². The van der Waals surface area contributed by atoms with Gasteiger partial charge in [0.25, 0.3) is 0 Å². The summed E-state index contributed by atoms with van der Waals surface area (Å²) < 4.78 is 0. The van der Waals surface area contributed by atoms with E-state index in [4.69, 9.17) is 0 Å². The lowest BCUT2D eigenvalue weighted by atomic mass is 9.90. The van der Waals surface area contributed by atoms with Crippen LogP contribution in [0.5, 0.6) is 0 Å². The molecule has 1 heteroatoms. The van der Waals surface area contributed by atoms with E-state index in [0.717, 1.165) is 25.7 Å². The second kappa shape index (κ2) is 5.48. The van der Waals surface area contributed by atoms with Gasteiger partial charge >= 0.3 is 0 Å². The molecule has 84 valence electrons. The van der Waals surface area contributed by atoms with E-state index in [1.165, 1.54) is 44.1 Å². The monoisotopic (exact) mass is 206 g/mol. The molecule has 1 nitrogen and oxygen atoms in total. The van der Waals surface area contributed by atoms with Crippen LogP contribution < -0.4 is 0 Å². The average Bonchev–Trinajstić information content (AvgIpc) is 2.68. The number of allylic oxidation sites excluding steroid dienone is 2. The van der Waals surface area contributed by atoms with Crippen molar-refractivity contribution in [2.75, 3.05) is 0 Å². The number of hydrogen-bond acceptors (Lipinski definition) is 1. The zero-order chi connectivity index (χ0) is 10.5. The van der Waals surface area contributed by atoms with Crippen molar-refractivity contribution in [1.82, 2.24) is 0 Å². The molecule has 0 spiro atoms. The van der Waals surface area contributed by atoms with E-state index in [9.17, 15) is 4.79 Å². The maximum atomic E-state index is 12.2.